The van der Waals surface area contributed by atoms with Crippen LogP contribution in [0.4, 0.5) is 8.78 Å². The number of hydrogen-bond acceptors (Lipinski definition) is 5. The van der Waals surface area contributed by atoms with Crippen LogP contribution in [0.2, 0.25) is 0 Å². The van der Waals surface area contributed by atoms with E-state index in [9.17, 15) is 5.26 Å². The number of benzene rings is 10. The number of nitriles is 1. The molecule has 6 aromatic heterocycles. The van der Waals surface area contributed by atoms with Crippen LogP contribution in [0, 0.1) is 23.0 Å². The first-order valence-corrected chi connectivity index (χ1v) is 29.7. The van der Waals surface area contributed by atoms with Crippen LogP contribution in [0.5, 0.6) is 0 Å². The van der Waals surface area contributed by atoms with Gasteiger partial charge in [0.05, 0.1) is 56.2 Å². The van der Waals surface area contributed by atoms with Crippen molar-refractivity contribution in [2.75, 3.05) is 0 Å². The second kappa shape index (κ2) is 22.2. The van der Waals surface area contributed by atoms with Crippen LogP contribution in [0.25, 0.3) is 156 Å². The maximum atomic E-state index is 16.0. The first kappa shape index (κ1) is 53.2. The lowest BCUT2D eigenvalue weighted by Gasteiger charge is -2.21. The van der Waals surface area contributed by atoms with Gasteiger partial charge in [-0.05, 0) is 141 Å². The van der Waals surface area contributed by atoms with Crippen LogP contribution in [-0.2, 0) is 0 Å². The van der Waals surface area contributed by atoms with Gasteiger partial charge in [-0.1, -0.05) is 176 Å². The van der Waals surface area contributed by atoms with E-state index in [-0.39, 0.29) is 11.1 Å². The van der Waals surface area contributed by atoms with Crippen LogP contribution in [0.3, 0.4) is 0 Å². The standard InChI is InChI=1S/C81H49F2N7/c82-64-39-63(40-65(83)49-64)66-29-30-76(89-77-45-55(59-31-35-85-72(41-59)51-13-5-1-6-14-51)21-25-67(77)68-26-22-56(46-78(68)89)60-32-36-86-73(42-60)52-15-7-2-8-16-52)71(50-84)81(66)90-79-47-57(61-33-37-87-74(43-61)53-17-9-3-10-18-53)23-27-69(79)70-28-24-58(48-80(70)90)62-34-38-88-75(44-62)54-19-11-4-12-20-54/h1-49H. The molecule has 6 heterocycles. The zero-order chi connectivity index (χ0) is 60.2. The quantitative estimate of drug-likeness (QED) is 0.129. The molecular formula is C81H49F2N7. The number of pyridine rings is 4. The van der Waals surface area contributed by atoms with Gasteiger partial charge in [-0.2, -0.15) is 5.26 Å². The highest BCUT2D eigenvalue weighted by molar-refractivity contribution is 6.14. The van der Waals surface area contributed by atoms with Gasteiger partial charge in [-0.15, -0.1) is 0 Å². The molecule has 16 rings (SSSR count). The molecule has 422 valence electrons. The van der Waals surface area contributed by atoms with Crippen molar-refractivity contribution in [3.63, 3.8) is 0 Å². The molecule has 0 bridgehead atoms. The van der Waals surface area contributed by atoms with Crippen LogP contribution < -0.4 is 0 Å². The van der Waals surface area contributed by atoms with Gasteiger partial charge in [0.25, 0.3) is 0 Å². The molecule has 7 nitrogen and oxygen atoms in total. The van der Waals surface area contributed by atoms with E-state index >= 15 is 8.78 Å². The van der Waals surface area contributed by atoms with Gasteiger partial charge in [-0.3, -0.25) is 19.9 Å². The molecule has 10 aromatic carbocycles. The Kier molecular flexibility index (Phi) is 13.2. The summed E-state index contributed by atoms with van der Waals surface area (Å²) in [6.45, 7) is 0. The van der Waals surface area contributed by atoms with Crippen LogP contribution >= 0.6 is 0 Å². The number of fused-ring (bicyclic) bond motifs is 6. The van der Waals surface area contributed by atoms with E-state index < -0.39 is 11.6 Å². The third kappa shape index (κ3) is 9.53. The fourth-order valence-electron chi connectivity index (χ4n) is 12.8. The van der Waals surface area contributed by atoms with Gasteiger partial charge in [-0.25, -0.2) is 8.78 Å². The Morgan fingerprint density at radius 2 is 0.589 bits per heavy atom. The van der Waals surface area contributed by atoms with E-state index in [0.29, 0.717) is 16.9 Å². The fraction of sp³-hybridized carbons (Fsp3) is 0. The van der Waals surface area contributed by atoms with Crippen molar-refractivity contribution in [1.82, 2.24) is 29.1 Å². The topological polar surface area (TPSA) is 85.2 Å². The summed E-state index contributed by atoms with van der Waals surface area (Å²) in [5.41, 5.74) is 20.0. The summed E-state index contributed by atoms with van der Waals surface area (Å²) in [5.74, 6) is -1.49. The van der Waals surface area contributed by atoms with Crippen LogP contribution in [-0.4, -0.2) is 29.1 Å². The van der Waals surface area contributed by atoms with Gasteiger partial charge in [0, 0.05) is 80.2 Å². The summed E-state index contributed by atoms with van der Waals surface area (Å²) in [5, 5.41) is 16.1. The summed E-state index contributed by atoms with van der Waals surface area (Å²) >= 11 is 0. The third-order valence-electron chi connectivity index (χ3n) is 17.1. The number of nitrogens with zero attached hydrogens (tertiary/aromatic N) is 7. The summed E-state index contributed by atoms with van der Waals surface area (Å²) in [4.78, 5) is 19.1. The van der Waals surface area contributed by atoms with Crippen molar-refractivity contribution in [3.8, 4) is 118 Å². The molecule has 9 heteroatoms. The highest BCUT2D eigenvalue weighted by Crippen LogP contribution is 2.45. The Morgan fingerprint density at radius 1 is 0.278 bits per heavy atom. The lowest BCUT2D eigenvalue weighted by Crippen LogP contribution is -2.07. The van der Waals surface area contributed by atoms with Gasteiger partial charge in [0.15, 0.2) is 0 Å². The van der Waals surface area contributed by atoms with E-state index in [1.165, 1.54) is 12.1 Å². The van der Waals surface area contributed by atoms with E-state index in [2.05, 4.69) is 137 Å². The number of aromatic nitrogens is 6. The van der Waals surface area contributed by atoms with Crippen molar-refractivity contribution in [3.05, 3.63) is 315 Å². The Balaban J connectivity index is 0.998. The van der Waals surface area contributed by atoms with Crippen molar-refractivity contribution in [2.24, 2.45) is 0 Å². The summed E-state index contributed by atoms with van der Waals surface area (Å²) in [6, 6.07) is 92.8. The Morgan fingerprint density at radius 3 is 0.911 bits per heavy atom. The molecule has 0 saturated carbocycles. The Labute approximate surface area is 517 Å². The van der Waals surface area contributed by atoms with Crippen molar-refractivity contribution >= 4 is 43.6 Å². The van der Waals surface area contributed by atoms with Gasteiger partial charge in [0.1, 0.15) is 23.3 Å². The molecule has 0 amide bonds. The van der Waals surface area contributed by atoms with E-state index in [0.717, 1.165) is 139 Å². The molecule has 0 aliphatic heterocycles. The lowest BCUT2D eigenvalue weighted by atomic mass is 9.97. The van der Waals surface area contributed by atoms with E-state index in [1.807, 2.05) is 158 Å². The first-order chi connectivity index (χ1) is 44.4. The minimum absolute atomic E-state index is 0.266. The smallest absolute Gasteiger partial charge is 0.126 e. The summed E-state index contributed by atoms with van der Waals surface area (Å²) < 4.78 is 36.3. The Hall–Kier alpha value is -12.3. The molecular weight excluding hydrogens is 1110 g/mol. The van der Waals surface area contributed by atoms with Crippen molar-refractivity contribution in [1.29, 1.82) is 5.26 Å². The second-order valence-corrected chi connectivity index (χ2v) is 22.4. The Bertz CT molecular complexity index is 5220. The van der Waals surface area contributed by atoms with Crippen molar-refractivity contribution < 1.29 is 8.78 Å². The number of hydrogen-bond donors (Lipinski definition) is 0. The highest BCUT2D eigenvalue weighted by Gasteiger charge is 2.26. The molecule has 0 atom stereocenters. The average molecular weight is 1160 g/mol. The second-order valence-electron chi connectivity index (χ2n) is 22.4. The molecule has 0 radical (unpaired) electrons. The highest BCUT2D eigenvalue weighted by atomic mass is 19.1. The maximum absolute atomic E-state index is 16.0. The first-order valence-electron chi connectivity index (χ1n) is 29.7. The van der Waals surface area contributed by atoms with Gasteiger partial charge in [0.2, 0.25) is 0 Å². The monoisotopic (exact) mass is 1160 g/mol. The largest absolute Gasteiger partial charge is 0.308 e. The van der Waals surface area contributed by atoms with Crippen LogP contribution in [0.1, 0.15) is 5.56 Å². The average Bonchev–Trinajstić information content (AvgIpc) is 1.58. The van der Waals surface area contributed by atoms with Crippen LogP contribution in [0.15, 0.2) is 298 Å². The van der Waals surface area contributed by atoms with E-state index in [1.54, 1.807) is 0 Å². The molecule has 0 spiro atoms. The predicted octanol–water partition coefficient (Wildman–Crippen LogP) is 20.6. The third-order valence-corrected chi connectivity index (χ3v) is 17.1. The molecule has 0 fully saturated rings. The van der Waals surface area contributed by atoms with Gasteiger partial charge >= 0.3 is 0 Å². The molecule has 16 aromatic rings. The number of halogens is 2. The summed E-state index contributed by atoms with van der Waals surface area (Å²) in [7, 11) is 0. The molecule has 0 N–H and O–H groups in total. The normalized spacial score (nSPS) is 11.4. The minimum atomic E-state index is -0.746. The fourth-order valence-corrected chi connectivity index (χ4v) is 12.8. The zero-order valence-electron chi connectivity index (χ0n) is 48.2. The summed E-state index contributed by atoms with van der Waals surface area (Å²) in [6.07, 6.45) is 7.33. The molecule has 0 saturated heterocycles. The van der Waals surface area contributed by atoms with E-state index in [4.69, 9.17) is 19.9 Å². The molecule has 90 heavy (non-hydrogen) atoms. The molecule has 0 aliphatic carbocycles. The molecule has 0 unspecified atom stereocenters. The lowest BCUT2D eigenvalue weighted by molar-refractivity contribution is 0.584. The van der Waals surface area contributed by atoms with Gasteiger partial charge < -0.3 is 9.13 Å². The maximum Gasteiger partial charge on any atom is 0.126 e. The number of rotatable bonds is 11. The molecule has 0 aliphatic rings. The minimum Gasteiger partial charge on any atom is -0.308 e. The SMILES string of the molecule is N#Cc1c(-n2c3cc(-c4ccnc(-c5ccccc5)c4)ccc3c3ccc(-c4ccnc(-c5ccccc5)c4)cc32)ccc(-c2cc(F)cc(F)c2)c1-n1c2cc(-c3ccnc(-c4ccccc4)c3)ccc2c2ccc(-c3ccnc(-c4ccccc4)c3)cc21. The van der Waals surface area contributed by atoms with Crippen molar-refractivity contribution in [2.45, 2.75) is 0 Å². The predicted molar refractivity (Wildman–Crippen MR) is 360 cm³/mol. The zero-order valence-corrected chi connectivity index (χ0v) is 48.2.